The zero-order chi connectivity index (χ0) is 21.1. The van der Waals surface area contributed by atoms with Gasteiger partial charge in [0, 0.05) is 30.8 Å². The number of hydrogen-bond acceptors (Lipinski definition) is 5. The second-order valence-corrected chi connectivity index (χ2v) is 7.37. The molecular weight excluding hydrogens is 384 g/mol. The first kappa shape index (κ1) is 20.1. The van der Waals surface area contributed by atoms with E-state index >= 15 is 0 Å². The molecule has 4 rings (SSSR count). The number of carbonyl (C=O) groups excluding carboxylic acids is 2. The maximum absolute atomic E-state index is 13.1. The summed E-state index contributed by atoms with van der Waals surface area (Å²) in [7, 11) is 1.55. The lowest BCUT2D eigenvalue weighted by molar-refractivity contribution is 0.0705. The molecule has 0 unspecified atom stereocenters. The number of cyclic esters (lactones) is 1. The molecule has 158 valence electrons. The topological polar surface area (TPSA) is 68.3 Å². The van der Waals surface area contributed by atoms with Crippen molar-refractivity contribution >= 4 is 17.7 Å². The molecule has 0 saturated carbocycles. The van der Waals surface area contributed by atoms with Gasteiger partial charge >= 0.3 is 6.09 Å². The average molecular weight is 410 g/mol. The fourth-order valence-electron chi connectivity index (χ4n) is 4.12. The Bertz CT molecular complexity index is 937. The third-order valence-electron chi connectivity index (χ3n) is 5.63. The highest BCUT2D eigenvalue weighted by Gasteiger charge is 2.35. The van der Waals surface area contributed by atoms with Gasteiger partial charge < -0.3 is 19.1 Å². The van der Waals surface area contributed by atoms with Gasteiger partial charge in [0.2, 0.25) is 0 Å². The van der Waals surface area contributed by atoms with Crippen molar-refractivity contribution < 1.29 is 23.8 Å². The van der Waals surface area contributed by atoms with Crippen LogP contribution in [0.15, 0.2) is 42.5 Å². The van der Waals surface area contributed by atoms with Crippen LogP contribution in [-0.4, -0.2) is 49.7 Å². The summed E-state index contributed by atoms with van der Waals surface area (Å²) in [4.78, 5) is 29.1. The van der Waals surface area contributed by atoms with E-state index in [4.69, 9.17) is 14.2 Å². The lowest BCUT2D eigenvalue weighted by Crippen LogP contribution is -2.50. The van der Waals surface area contributed by atoms with E-state index in [1.807, 2.05) is 36.1 Å². The van der Waals surface area contributed by atoms with Gasteiger partial charge in [-0.05, 0) is 38.0 Å². The Balaban J connectivity index is 1.46. The minimum Gasteiger partial charge on any atom is -0.496 e. The fraction of sp³-hybridized carbons (Fsp3) is 0.391. The molecule has 2 aromatic rings. The summed E-state index contributed by atoms with van der Waals surface area (Å²) in [5.74, 6) is 1.10. The number of benzene rings is 2. The number of hydrogen-bond donors (Lipinski definition) is 0. The van der Waals surface area contributed by atoms with Gasteiger partial charge in [-0.15, -0.1) is 0 Å². The molecule has 2 aliphatic heterocycles. The Morgan fingerprint density at radius 2 is 1.93 bits per heavy atom. The van der Waals surface area contributed by atoms with E-state index in [-0.39, 0.29) is 18.0 Å². The van der Waals surface area contributed by atoms with Gasteiger partial charge in [0.05, 0.1) is 25.0 Å². The van der Waals surface area contributed by atoms with Crippen LogP contribution in [0.3, 0.4) is 0 Å². The van der Waals surface area contributed by atoms with Crippen LogP contribution < -0.4 is 14.4 Å². The van der Waals surface area contributed by atoms with E-state index in [1.165, 1.54) is 0 Å². The Morgan fingerprint density at radius 1 is 1.17 bits per heavy atom. The number of likely N-dealkylation sites (tertiary alicyclic amines) is 1. The molecular formula is C23H26N2O5. The second kappa shape index (κ2) is 8.65. The molecule has 2 aromatic carbocycles. The minimum absolute atomic E-state index is 0.00484. The van der Waals surface area contributed by atoms with Gasteiger partial charge in [-0.25, -0.2) is 4.79 Å². The highest BCUT2D eigenvalue weighted by Crippen LogP contribution is 2.33. The first-order chi connectivity index (χ1) is 14.6. The lowest BCUT2D eigenvalue weighted by atomic mass is 10.00. The molecule has 1 fully saturated rings. The minimum atomic E-state index is -0.313. The fourth-order valence-corrected chi connectivity index (χ4v) is 4.12. The quantitative estimate of drug-likeness (QED) is 0.749. The normalized spacial score (nSPS) is 16.7. The molecule has 30 heavy (non-hydrogen) atoms. The number of amides is 2. The predicted molar refractivity (Wildman–Crippen MR) is 112 cm³/mol. The second-order valence-electron chi connectivity index (χ2n) is 7.37. The van der Waals surface area contributed by atoms with Crippen LogP contribution in [0, 0.1) is 0 Å². The lowest BCUT2D eigenvalue weighted by Gasteiger charge is -2.40. The van der Waals surface area contributed by atoms with Crippen molar-refractivity contribution in [1.29, 1.82) is 0 Å². The highest BCUT2D eigenvalue weighted by atomic mass is 16.6. The van der Waals surface area contributed by atoms with E-state index in [0.29, 0.717) is 56.2 Å². The molecule has 0 aliphatic carbocycles. The van der Waals surface area contributed by atoms with Gasteiger partial charge in [-0.1, -0.05) is 18.2 Å². The van der Waals surface area contributed by atoms with Gasteiger partial charge in [-0.2, -0.15) is 0 Å². The van der Waals surface area contributed by atoms with Crippen LogP contribution in [0.1, 0.15) is 35.7 Å². The smallest absolute Gasteiger partial charge is 0.414 e. The molecule has 0 bridgehead atoms. The summed E-state index contributed by atoms with van der Waals surface area (Å²) in [5.41, 5.74) is 2.43. The molecule has 2 amide bonds. The van der Waals surface area contributed by atoms with E-state index < -0.39 is 0 Å². The van der Waals surface area contributed by atoms with Gasteiger partial charge in [0.25, 0.3) is 5.91 Å². The Morgan fingerprint density at radius 3 is 2.67 bits per heavy atom. The molecule has 7 heteroatoms. The number of anilines is 1. The van der Waals surface area contributed by atoms with E-state index in [0.717, 1.165) is 11.3 Å². The van der Waals surface area contributed by atoms with E-state index in [1.54, 1.807) is 30.2 Å². The van der Waals surface area contributed by atoms with Gasteiger partial charge in [-0.3, -0.25) is 9.69 Å². The highest BCUT2D eigenvalue weighted by molar-refractivity contribution is 5.97. The third-order valence-corrected chi connectivity index (χ3v) is 5.63. The molecule has 1 saturated heterocycles. The standard InChI is InChI=1S/C23H26N2O5/c1-3-29-18-8-9-19(21(14-18)28-2)22(26)24-12-10-17(11-13-24)25-20-7-5-4-6-16(20)15-30-23(25)27/h4-9,14,17H,3,10-13,15H2,1-2H3. The molecule has 0 aromatic heterocycles. The largest absolute Gasteiger partial charge is 0.496 e. The first-order valence-corrected chi connectivity index (χ1v) is 10.3. The number of ether oxygens (including phenoxy) is 3. The van der Waals surface area contributed by atoms with Crippen LogP contribution in [0.2, 0.25) is 0 Å². The van der Waals surface area contributed by atoms with E-state index in [9.17, 15) is 9.59 Å². The van der Waals surface area contributed by atoms with Crippen LogP contribution in [0.5, 0.6) is 11.5 Å². The Hall–Kier alpha value is -3.22. The number of carbonyl (C=O) groups is 2. The zero-order valence-corrected chi connectivity index (χ0v) is 17.3. The Kier molecular flexibility index (Phi) is 5.79. The molecule has 0 radical (unpaired) electrons. The van der Waals surface area contributed by atoms with E-state index in [2.05, 4.69) is 0 Å². The van der Waals surface area contributed by atoms with Gasteiger partial charge in [0.1, 0.15) is 18.1 Å². The van der Waals surface area contributed by atoms with Crippen molar-refractivity contribution in [1.82, 2.24) is 4.90 Å². The first-order valence-electron chi connectivity index (χ1n) is 10.3. The number of nitrogens with zero attached hydrogens (tertiary/aromatic N) is 2. The van der Waals surface area contributed by atoms with Crippen molar-refractivity contribution in [3.8, 4) is 11.5 Å². The molecule has 0 spiro atoms. The van der Waals surface area contributed by atoms with Crippen molar-refractivity contribution in [3.05, 3.63) is 53.6 Å². The van der Waals surface area contributed by atoms with Crippen molar-refractivity contribution in [2.75, 3.05) is 31.7 Å². The monoisotopic (exact) mass is 410 g/mol. The number of para-hydroxylation sites is 1. The summed E-state index contributed by atoms with van der Waals surface area (Å²) in [5, 5.41) is 0. The van der Waals surface area contributed by atoms with Crippen molar-refractivity contribution in [2.45, 2.75) is 32.4 Å². The Labute approximate surface area is 176 Å². The average Bonchev–Trinajstić information content (AvgIpc) is 2.79. The molecule has 0 N–H and O–H groups in total. The molecule has 2 aliphatic rings. The molecule has 2 heterocycles. The van der Waals surface area contributed by atoms with Gasteiger partial charge in [0.15, 0.2) is 0 Å². The summed E-state index contributed by atoms with van der Waals surface area (Å²) in [6.45, 7) is 3.89. The summed E-state index contributed by atoms with van der Waals surface area (Å²) < 4.78 is 16.3. The molecule has 0 atom stereocenters. The predicted octanol–water partition coefficient (Wildman–Crippen LogP) is 3.86. The van der Waals surface area contributed by atoms with Crippen LogP contribution in [0.25, 0.3) is 0 Å². The van der Waals surface area contributed by atoms with Crippen molar-refractivity contribution in [3.63, 3.8) is 0 Å². The maximum atomic E-state index is 13.1. The number of piperidine rings is 1. The molecule has 7 nitrogen and oxygen atoms in total. The van der Waals surface area contributed by atoms with Crippen LogP contribution >= 0.6 is 0 Å². The SMILES string of the molecule is CCOc1ccc(C(=O)N2CCC(N3C(=O)OCc4ccccc43)CC2)c(OC)c1. The number of fused-ring (bicyclic) bond motifs is 1. The number of rotatable bonds is 5. The summed E-state index contributed by atoms with van der Waals surface area (Å²) >= 11 is 0. The number of methoxy groups -OCH3 is 1. The maximum Gasteiger partial charge on any atom is 0.414 e. The van der Waals surface area contributed by atoms with Crippen molar-refractivity contribution in [2.24, 2.45) is 0 Å². The summed E-state index contributed by atoms with van der Waals surface area (Å²) in [6, 6.07) is 13.1. The van der Waals surface area contributed by atoms with Crippen LogP contribution in [-0.2, 0) is 11.3 Å². The van der Waals surface area contributed by atoms with Crippen LogP contribution in [0.4, 0.5) is 10.5 Å². The summed E-state index contributed by atoms with van der Waals surface area (Å²) in [6.07, 6.45) is 1.06. The third kappa shape index (κ3) is 3.79. The zero-order valence-electron chi connectivity index (χ0n) is 17.3.